The van der Waals surface area contributed by atoms with Crippen LogP contribution in [0.3, 0.4) is 0 Å². The van der Waals surface area contributed by atoms with Gasteiger partial charge in [0.05, 0.1) is 0 Å². The average molecular weight is 208 g/mol. The number of likely N-dealkylation sites (tertiary alicyclic amines) is 1. The van der Waals surface area contributed by atoms with Gasteiger partial charge in [-0.05, 0) is 37.5 Å². The third-order valence-corrected chi connectivity index (χ3v) is 5.17. The largest absolute Gasteiger partial charge is 0.326 e. The zero-order valence-corrected chi connectivity index (χ0v) is 9.75. The third kappa shape index (κ3) is 1.62. The topological polar surface area (TPSA) is 29.3 Å². The minimum Gasteiger partial charge on any atom is -0.326 e. The van der Waals surface area contributed by atoms with Gasteiger partial charge in [0.15, 0.2) is 0 Å². The third-order valence-electron chi connectivity index (χ3n) is 5.17. The molecule has 3 rings (SSSR count). The second-order valence-corrected chi connectivity index (χ2v) is 6.02. The number of hydrogen-bond acceptors (Lipinski definition) is 2. The molecule has 1 unspecified atom stereocenters. The number of nitrogens with zero attached hydrogens (tertiary/aromatic N) is 1. The van der Waals surface area contributed by atoms with Gasteiger partial charge in [-0.25, -0.2) is 0 Å². The van der Waals surface area contributed by atoms with E-state index in [1.54, 1.807) is 0 Å². The first-order valence-corrected chi connectivity index (χ1v) is 6.80. The van der Waals surface area contributed by atoms with Gasteiger partial charge in [-0.1, -0.05) is 19.3 Å². The van der Waals surface area contributed by atoms with E-state index in [0.717, 1.165) is 11.5 Å². The Hall–Kier alpha value is -0.0800. The molecule has 1 heterocycles. The van der Waals surface area contributed by atoms with E-state index in [0.29, 0.717) is 6.04 Å². The molecule has 2 aliphatic carbocycles. The van der Waals surface area contributed by atoms with Crippen molar-refractivity contribution >= 4 is 0 Å². The molecular formula is C13H24N2. The first-order valence-electron chi connectivity index (χ1n) is 6.80. The summed E-state index contributed by atoms with van der Waals surface area (Å²) in [7, 11) is 0. The van der Waals surface area contributed by atoms with Crippen molar-refractivity contribution in [2.24, 2.45) is 11.1 Å². The lowest BCUT2D eigenvalue weighted by Crippen LogP contribution is -2.55. The molecule has 1 spiro atoms. The van der Waals surface area contributed by atoms with Crippen molar-refractivity contribution < 1.29 is 0 Å². The van der Waals surface area contributed by atoms with E-state index in [9.17, 15) is 0 Å². The van der Waals surface area contributed by atoms with Crippen molar-refractivity contribution in [2.75, 3.05) is 13.1 Å². The molecule has 2 saturated carbocycles. The van der Waals surface area contributed by atoms with E-state index in [2.05, 4.69) is 4.90 Å². The summed E-state index contributed by atoms with van der Waals surface area (Å²) in [6.45, 7) is 2.44. The van der Waals surface area contributed by atoms with Crippen LogP contribution < -0.4 is 5.73 Å². The maximum absolute atomic E-state index is 6.02. The molecule has 0 aromatic rings. The van der Waals surface area contributed by atoms with Gasteiger partial charge < -0.3 is 5.73 Å². The SMILES string of the molecule is N[C@H]1CCN(C2CCC23CCCCC3)C1. The summed E-state index contributed by atoms with van der Waals surface area (Å²) < 4.78 is 0. The van der Waals surface area contributed by atoms with Crippen LogP contribution in [-0.4, -0.2) is 30.1 Å². The molecule has 1 saturated heterocycles. The fourth-order valence-corrected chi connectivity index (χ4v) is 4.19. The lowest BCUT2D eigenvalue weighted by molar-refractivity contribution is -0.0435. The van der Waals surface area contributed by atoms with Crippen molar-refractivity contribution in [3.63, 3.8) is 0 Å². The van der Waals surface area contributed by atoms with E-state index in [1.807, 2.05) is 0 Å². The minimum absolute atomic E-state index is 0.464. The molecule has 2 nitrogen and oxygen atoms in total. The molecule has 0 radical (unpaired) electrons. The first kappa shape index (κ1) is 10.1. The second kappa shape index (κ2) is 3.74. The molecule has 2 N–H and O–H groups in total. The fraction of sp³-hybridized carbons (Fsp3) is 1.00. The van der Waals surface area contributed by atoms with Crippen molar-refractivity contribution in [2.45, 2.75) is 63.5 Å². The Morgan fingerprint density at radius 3 is 2.33 bits per heavy atom. The van der Waals surface area contributed by atoms with E-state index in [4.69, 9.17) is 5.73 Å². The van der Waals surface area contributed by atoms with Crippen LogP contribution in [0.4, 0.5) is 0 Å². The molecule has 0 bridgehead atoms. The highest BCUT2D eigenvalue weighted by Crippen LogP contribution is 2.54. The maximum atomic E-state index is 6.02. The fourth-order valence-electron chi connectivity index (χ4n) is 4.19. The summed E-state index contributed by atoms with van der Waals surface area (Å²) in [5.41, 5.74) is 6.76. The van der Waals surface area contributed by atoms with E-state index in [1.165, 1.54) is 64.5 Å². The van der Waals surface area contributed by atoms with Crippen LogP contribution in [-0.2, 0) is 0 Å². The van der Waals surface area contributed by atoms with Gasteiger partial charge >= 0.3 is 0 Å². The molecule has 0 aromatic heterocycles. The molecular weight excluding hydrogens is 184 g/mol. The van der Waals surface area contributed by atoms with E-state index in [-0.39, 0.29) is 0 Å². The number of nitrogens with two attached hydrogens (primary N) is 1. The lowest BCUT2D eigenvalue weighted by atomic mass is 9.57. The van der Waals surface area contributed by atoms with Crippen LogP contribution in [0.2, 0.25) is 0 Å². The highest BCUT2D eigenvalue weighted by atomic mass is 15.2. The van der Waals surface area contributed by atoms with Gasteiger partial charge in [0.25, 0.3) is 0 Å². The predicted molar refractivity (Wildman–Crippen MR) is 62.7 cm³/mol. The van der Waals surface area contributed by atoms with Gasteiger partial charge in [-0.2, -0.15) is 0 Å². The van der Waals surface area contributed by atoms with Crippen molar-refractivity contribution in [3.05, 3.63) is 0 Å². The Labute approximate surface area is 93.2 Å². The second-order valence-electron chi connectivity index (χ2n) is 6.02. The van der Waals surface area contributed by atoms with Crippen molar-refractivity contribution in [1.29, 1.82) is 0 Å². The summed E-state index contributed by atoms with van der Waals surface area (Å²) in [6, 6.07) is 1.37. The van der Waals surface area contributed by atoms with Gasteiger partial charge in [0.1, 0.15) is 0 Å². The van der Waals surface area contributed by atoms with Crippen LogP contribution in [0.25, 0.3) is 0 Å². The average Bonchev–Trinajstić information content (AvgIpc) is 2.64. The normalized spacial score (nSPS) is 40.6. The molecule has 1 aliphatic heterocycles. The van der Waals surface area contributed by atoms with Crippen LogP contribution >= 0.6 is 0 Å². The van der Waals surface area contributed by atoms with Crippen LogP contribution in [0.1, 0.15) is 51.4 Å². The summed E-state index contributed by atoms with van der Waals surface area (Å²) >= 11 is 0. The molecule has 86 valence electrons. The van der Waals surface area contributed by atoms with Crippen LogP contribution in [0.15, 0.2) is 0 Å². The first-order chi connectivity index (χ1) is 7.30. The Bertz CT molecular complexity index is 233. The molecule has 15 heavy (non-hydrogen) atoms. The molecule has 0 aromatic carbocycles. The molecule has 2 atom stereocenters. The van der Waals surface area contributed by atoms with Gasteiger partial charge in [-0.15, -0.1) is 0 Å². The zero-order chi connectivity index (χ0) is 10.3. The highest BCUT2D eigenvalue weighted by Gasteiger charge is 2.50. The van der Waals surface area contributed by atoms with Crippen molar-refractivity contribution in [3.8, 4) is 0 Å². The highest BCUT2D eigenvalue weighted by molar-refractivity contribution is 5.04. The predicted octanol–water partition coefficient (Wildman–Crippen LogP) is 2.13. The van der Waals surface area contributed by atoms with Crippen LogP contribution in [0, 0.1) is 5.41 Å². The van der Waals surface area contributed by atoms with Gasteiger partial charge in [0, 0.05) is 25.2 Å². The smallest absolute Gasteiger partial charge is 0.0180 e. The van der Waals surface area contributed by atoms with Crippen molar-refractivity contribution in [1.82, 2.24) is 4.90 Å². The zero-order valence-electron chi connectivity index (χ0n) is 9.75. The molecule has 3 aliphatic rings. The number of rotatable bonds is 1. The van der Waals surface area contributed by atoms with E-state index >= 15 is 0 Å². The lowest BCUT2D eigenvalue weighted by Gasteiger charge is -2.55. The minimum atomic E-state index is 0.464. The Balaban J connectivity index is 1.66. The summed E-state index contributed by atoms with van der Waals surface area (Å²) in [6.07, 6.45) is 11.6. The Kier molecular flexibility index (Phi) is 2.52. The molecule has 2 heteroatoms. The van der Waals surface area contributed by atoms with E-state index < -0.39 is 0 Å². The standard InChI is InChI=1S/C13H24N2/c14-11-5-9-15(10-11)12-4-8-13(12)6-2-1-3-7-13/h11-12H,1-10,14H2/t11-,12?/m0/s1. The van der Waals surface area contributed by atoms with Crippen LogP contribution in [0.5, 0.6) is 0 Å². The summed E-state index contributed by atoms with van der Waals surface area (Å²) in [5, 5.41) is 0. The Morgan fingerprint density at radius 2 is 1.80 bits per heavy atom. The maximum Gasteiger partial charge on any atom is 0.0180 e. The van der Waals surface area contributed by atoms with Gasteiger partial charge in [-0.3, -0.25) is 4.90 Å². The summed E-state index contributed by atoms with van der Waals surface area (Å²) in [4.78, 5) is 2.71. The molecule has 0 amide bonds. The summed E-state index contributed by atoms with van der Waals surface area (Å²) in [5.74, 6) is 0. The number of hydrogen-bond donors (Lipinski definition) is 1. The quantitative estimate of drug-likeness (QED) is 0.715. The van der Waals surface area contributed by atoms with Gasteiger partial charge in [0.2, 0.25) is 0 Å². The molecule has 3 fully saturated rings. The monoisotopic (exact) mass is 208 g/mol. The Morgan fingerprint density at radius 1 is 1.00 bits per heavy atom.